The summed E-state index contributed by atoms with van der Waals surface area (Å²) in [5.41, 5.74) is 9.29. The molecule has 0 aliphatic heterocycles. The lowest BCUT2D eigenvalue weighted by Crippen LogP contribution is -2.28. The molecule has 0 spiro atoms. The van der Waals surface area contributed by atoms with E-state index in [-0.39, 0.29) is 13.0 Å². The minimum Gasteiger partial charge on any atom is -0.490 e. The number of hydrogen-bond donors (Lipinski definition) is 2. The van der Waals surface area contributed by atoms with E-state index in [2.05, 4.69) is 41.9 Å². The summed E-state index contributed by atoms with van der Waals surface area (Å²) >= 11 is 1.70. The standard InChI is InChI=1S/C27H38N4O4S/c1-7-19-13-20(10-17(5)24(19)34-15-21(32)11-18(6)25(28)33)26-29-27(35-30-26)22-12-16(4)23(36-22)14-31(8-2)9-3/h10,12-13,18,21,32H,7-9,11,14-15H2,1-6H3,(H2,28,33)/t18?,21-/m0/s1. The molecular weight excluding hydrogens is 476 g/mol. The lowest BCUT2D eigenvalue weighted by molar-refractivity contribution is -0.122. The van der Waals surface area contributed by atoms with Gasteiger partial charge in [0.25, 0.3) is 5.89 Å². The zero-order chi connectivity index (χ0) is 26.4. The number of thiophene rings is 1. The van der Waals surface area contributed by atoms with Crippen molar-refractivity contribution in [3.8, 4) is 27.9 Å². The minimum absolute atomic E-state index is 0.0880. The molecule has 2 atom stereocenters. The Hall–Kier alpha value is -2.75. The number of nitrogens with two attached hydrogens (primary N) is 1. The fourth-order valence-corrected chi connectivity index (χ4v) is 5.23. The molecule has 36 heavy (non-hydrogen) atoms. The van der Waals surface area contributed by atoms with Gasteiger partial charge in [0, 0.05) is 22.9 Å². The number of carbonyl (C=O) groups is 1. The van der Waals surface area contributed by atoms with Crippen LogP contribution < -0.4 is 10.5 Å². The number of primary amides is 1. The summed E-state index contributed by atoms with van der Waals surface area (Å²) in [5, 5.41) is 14.5. The summed E-state index contributed by atoms with van der Waals surface area (Å²) in [7, 11) is 0. The second-order valence-electron chi connectivity index (χ2n) is 9.24. The van der Waals surface area contributed by atoms with Crippen LogP contribution in [0.5, 0.6) is 5.75 Å². The van der Waals surface area contributed by atoms with Crippen LogP contribution in [0.4, 0.5) is 0 Å². The van der Waals surface area contributed by atoms with Gasteiger partial charge in [-0.3, -0.25) is 9.69 Å². The number of carbonyl (C=O) groups excluding carboxylic acids is 1. The number of benzene rings is 1. The quantitative estimate of drug-likeness (QED) is 0.339. The van der Waals surface area contributed by atoms with Gasteiger partial charge < -0.3 is 20.1 Å². The first-order valence-corrected chi connectivity index (χ1v) is 13.4. The number of aliphatic hydroxyl groups excluding tert-OH is 1. The molecule has 0 bridgehead atoms. The van der Waals surface area contributed by atoms with Crippen LogP contribution >= 0.6 is 11.3 Å². The third-order valence-corrected chi connectivity index (χ3v) is 7.65. The zero-order valence-corrected chi connectivity index (χ0v) is 22.9. The number of aryl methyl sites for hydroxylation is 3. The molecule has 3 N–H and O–H groups in total. The normalized spacial score (nSPS) is 13.2. The molecule has 3 aromatic rings. The van der Waals surface area contributed by atoms with E-state index in [9.17, 15) is 9.90 Å². The predicted octanol–water partition coefficient (Wildman–Crippen LogP) is 4.74. The Morgan fingerprint density at radius 2 is 1.92 bits per heavy atom. The van der Waals surface area contributed by atoms with E-state index in [0.717, 1.165) is 53.4 Å². The molecule has 0 radical (unpaired) electrons. The number of aliphatic hydroxyl groups is 1. The number of hydrogen-bond acceptors (Lipinski definition) is 8. The van der Waals surface area contributed by atoms with Crippen molar-refractivity contribution in [3.63, 3.8) is 0 Å². The Bertz CT molecular complexity index is 1170. The maximum atomic E-state index is 11.3. The van der Waals surface area contributed by atoms with Crippen LogP contribution in [0.25, 0.3) is 22.2 Å². The van der Waals surface area contributed by atoms with Crippen molar-refractivity contribution in [3.05, 3.63) is 39.8 Å². The molecular formula is C27H38N4O4S. The maximum absolute atomic E-state index is 11.3. The molecule has 0 aliphatic rings. The van der Waals surface area contributed by atoms with Crippen molar-refractivity contribution in [2.75, 3.05) is 19.7 Å². The highest BCUT2D eigenvalue weighted by molar-refractivity contribution is 7.15. The van der Waals surface area contributed by atoms with Crippen LogP contribution in [0.3, 0.4) is 0 Å². The average molecular weight is 515 g/mol. The molecule has 1 aromatic carbocycles. The molecule has 1 amide bonds. The first kappa shape index (κ1) is 27.8. The van der Waals surface area contributed by atoms with Crippen molar-refractivity contribution in [2.45, 2.75) is 67.0 Å². The number of aromatic nitrogens is 2. The largest absolute Gasteiger partial charge is 0.490 e. The molecule has 1 unspecified atom stereocenters. The molecule has 0 aliphatic carbocycles. The molecule has 2 heterocycles. The Balaban J connectivity index is 1.77. The number of ether oxygens (including phenoxy) is 1. The molecule has 8 nitrogen and oxygen atoms in total. The van der Waals surface area contributed by atoms with Gasteiger partial charge in [0.1, 0.15) is 12.4 Å². The summed E-state index contributed by atoms with van der Waals surface area (Å²) in [4.78, 5) is 20.6. The zero-order valence-electron chi connectivity index (χ0n) is 22.1. The fourth-order valence-electron chi connectivity index (χ4n) is 4.09. The summed E-state index contributed by atoms with van der Waals surface area (Å²) in [5.74, 6) is 0.935. The second kappa shape index (κ2) is 12.5. The van der Waals surface area contributed by atoms with E-state index in [1.165, 1.54) is 10.4 Å². The van der Waals surface area contributed by atoms with Gasteiger partial charge >= 0.3 is 0 Å². The smallest absolute Gasteiger partial charge is 0.268 e. The van der Waals surface area contributed by atoms with Gasteiger partial charge in [-0.15, -0.1) is 11.3 Å². The van der Waals surface area contributed by atoms with E-state index in [0.29, 0.717) is 11.7 Å². The molecule has 196 valence electrons. The average Bonchev–Trinajstić information content (AvgIpc) is 3.48. The summed E-state index contributed by atoms with van der Waals surface area (Å²) in [6.07, 6.45) is 0.219. The Morgan fingerprint density at radius 3 is 2.56 bits per heavy atom. The molecule has 0 fully saturated rings. The first-order valence-electron chi connectivity index (χ1n) is 12.6. The van der Waals surface area contributed by atoms with Crippen LogP contribution in [0.15, 0.2) is 22.7 Å². The first-order chi connectivity index (χ1) is 17.2. The van der Waals surface area contributed by atoms with E-state index < -0.39 is 17.9 Å². The lowest BCUT2D eigenvalue weighted by atomic mass is 10.0. The van der Waals surface area contributed by atoms with E-state index >= 15 is 0 Å². The summed E-state index contributed by atoms with van der Waals surface area (Å²) in [6.45, 7) is 15.2. The van der Waals surface area contributed by atoms with Gasteiger partial charge in [0.15, 0.2) is 0 Å². The minimum atomic E-state index is -0.781. The monoisotopic (exact) mass is 514 g/mol. The van der Waals surface area contributed by atoms with Gasteiger partial charge in [0.05, 0.1) is 11.0 Å². The number of nitrogens with zero attached hydrogens (tertiary/aromatic N) is 3. The topological polar surface area (TPSA) is 115 Å². The molecule has 0 saturated carbocycles. The van der Waals surface area contributed by atoms with Gasteiger partial charge in [0.2, 0.25) is 11.7 Å². The molecule has 3 rings (SSSR count). The number of rotatable bonds is 13. The highest BCUT2D eigenvalue weighted by Gasteiger charge is 2.20. The lowest BCUT2D eigenvalue weighted by Gasteiger charge is -2.18. The van der Waals surface area contributed by atoms with Crippen molar-refractivity contribution in [2.24, 2.45) is 11.7 Å². The molecule has 0 saturated heterocycles. The van der Waals surface area contributed by atoms with Crippen LogP contribution in [-0.2, 0) is 17.8 Å². The summed E-state index contributed by atoms with van der Waals surface area (Å²) < 4.78 is 11.6. The van der Waals surface area contributed by atoms with Crippen molar-refractivity contribution < 1.29 is 19.2 Å². The highest BCUT2D eigenvalue weighted by Crippen LogP contribution is 2.34. The highest BCUT2D eigenvalue weighted by atomic mass is 32.1. The van der Waals surface area contributed by atoms with Gasteiger partial charge in [-0.25, -0.2) is 0 Å². The molecule has 9 heteroatoms. The van der Waals surface area contributed by atoms with Crippen molar-refractivity contribution in [1.82, 2.24) is 15.0 Å². The van der Waals surface area contributed by atoms with Crippen molar-refractivity contribution in [1.29, 1.82) is 0 Å². The Morgan fingerprint density at radius 1 is 1.19 bits per heavy atom. The molecule has 2 aromatic heterocycles. The van der Waals surface area contributed by atoms with Crippen LogP contribution in [0.1, 0.15) is 55.7 Å². The van der Waals surface area contributed by atoms with Crippen LogP contribution in [0.2, 0.25) is 0 Å². The second-order valence-corrected chi connectivity index (χ2v) is 10.4. The Labute approximate surface area is 217 Å². The van der Waals surface area contributed by atoms with E-state index in [1.54, 1.807) is 18.3 Å². The summed E-state index contributed by atoms with van der Waals surface area (Å²) in [6, 6.07) is 6.08. The third-order valence-electron chi connectivity index (χ3n) is 6.44. The fraction of sp³-hybridized carbons (Fsp3) is 0.519. The van der Waals surface area contributed by atoms with Crippen LogP contribution in [0, 0.1) is 19.8 Å². The van der Waals surface area contributed by atoms with Crippen LogP contribution in [-0.4, -0.2) is 51.9 Å². The van der Waals surface area contributed by atoms with E-state index in [4.69, 9.17) is 15.0 Å². The van der Waals surface area contributed by atoms with Crippen molar-refractivity contribution >= 4 is 17.2 Å². The van der Waals surface area contributed by atoms with E-state index in [1.807, 2.05) is 26.0 Å². The maximum Gasteiger partial charge on any atom is 0.268 e. The van der Waals surface area contributed by atoms with Gasteiger partial charge in [-0.05, 0) is 74.7 Å². The third kappa shape index (κ3) is 6.72. The SMILES string of the molecule is CCc1cc(-c2noc(-c3cc(C)c(CN(CC)CC)s3)n2)cc(C)c1OC[C@@H](O)CC(C)C(N)=O. The van der Waals surface area contributed by atoms with Gasteiger partial charge in [-0.2, -0.15) is 4.98 Å². The van der Waals surface area contributed by atoms with Gasteiger partial charge in [-0.1, -0.05) is 32.9 Å². The number of amides is 1. The Kier molecular flexibility index (Phi) is 9.64. The predicted molar refractivity (Wildman–Crippen MR) is 143 cm³/mol.